The topological polar surface area (TPSA) is 99.0 Å². The fourth-order valence-electron chi connectivity index (χ4n) is 3.05. The van der Waals surface area contributed by atoms with Crippen LogP contribution >= 0.6 is 0 Å². The van der Waals surface area contributed by atoms with E-state index in [1.54, 1.807) is 11.2 Å². The number of aryl methyl sites for hydroxylation is 1. The highest BCUT2D eigenvalue weighted by atomic mass is 32.2. The summed E-state index contributed by atoms with van der Waals surface area (Å²) in [7, 11) is -3.12. The first-order valence-corrected chi connectivity index (χ1v) is 10.1. The van der Waals surface area contributed by atoms with E-state index in [2.05, 4.69) is 21.6 Å². The van der Waals surface area contributed by atoms with Gasteiger partial charge in [0, 0.05) is 19.1 Å². The number of nitrogens with zero attached hydrogens (tertiary/aromatic N) is 4. The molecule has 132 valence electrons. The SMILES string of the molecule is CCc1nnc(NC2CCN(S(=O)(=O)CC)CC2)c(C#N)c1CC. The van der Waals surface area contributed by atoms with E-state index in [9.17, 15) is 13.7 Å². The minimum atomic E-state index is -3.12. The molecule has 0 saturated carbocycles. The van der Waals surface area contributed by atoms with Gasteiger partial charge in [-0.05, 0) is 38.2 Å². The maximum Gasteiger partial charge on any atom is 0.213 e. The van der Waals surface area contributed by atoms with Gasteiger partial charge in [-0.25, -0.2) is 12.7 Å². The van der Waals surface area contributed by atoms with E-state index >= 15 is 0 Å². The number of aromatic nitrogens is 2. The summed E-state index contributed by atoms with van der Waals surface area (Å²) in [4.78, 5) is 0. The number of rotatable bonds is 6. The number of piperidine rings is 1. The van der Waals surface area contributed by atoms with Crippen molar-refractivity contribution in [2.45, 2.75) is 52.5 Å². The van der Waals surface area contributed by atoms with Gasteiger partial charge < -0.3 is 5.32 Å². The van der Waals surface area contributed by atoms with Crippen LogP contribution in [0.4, 0.5) is 5.82 Å². The Morgan fingerprint density at radius 2 is 1.88 bits per heavy atom. The van der Waals surface area contributed by atoms with Gasteiger partial charge in [0.15, 0.2) is 5.82 Å². The van der Waals surface area contributed by atoms with Gasteiger partial charge in [-0.3, -0.25) is 0 Å². The highest BCUT2D eigenvalue weighted by Crippen LogP contribution is 2.23. The second kappa shape index (κ2) is 7.90. The fourth-order valence-corrected chi connectivity index (χ4v) is 4.18. The van der Waals surface area contributed by atoms with Crippen LogP contribution in [0.1, 0.15) is 50.4 Å². The number of nitriles is 1. The standard InChI is InChI=1S/C16H25N5O2S/c1-4-13-14(11-17)16(20-19-15(13)5-2)18-12-7-9-21(10-8-12)24(22,23)6-3/h12H,4-10H2,1-3H3,(H,18,20). The summed E-state index contributed by atoms with van der Waals surface area (Å²) in [5, 5.41) is 21.2. The maximum atomic E-state index is 11.9. The quantitative estimate of drug-likeness (QED) is 0.837. The lowest BCUT2D eigenvalue weighted by atomic mass is 10.0. The van der Waals surface area contributed by atoms with Crippen LogP contribution in [0.25, 0.3) is 0 Å². The molecule has 1 aliphatic rings. The summed E-state index contributed by atoms with van der Waals surface area (Å²) >= 11 is 0. The van der Waals surface area contributed by atoms with Crippen LogP contribution in [0.15, 0.2) is 0 Å². The van der Waals surface area contributed by atoms with E-state index < -0.39 is 10.0 Å². The molecule has 2 rings (SSSR count). The summed E-state index contributed by atoms with van der Waals surface area (Å²) in [6.45, 7) is 6.67. The first-order valence-electron chi connectivity index (χ1n) is 8.49. The van der Waals surface area contributed by atoms with Crippen molar-refractivity contribution >= 4 is 15.8 Å². The highest BCUT2D eigenvalue weighted by molar-refractivity contribution is 7.89. The number of nitrogens with one attached hydrogen (secondary N) is 1. The molecule has 2 heterocycles. The molecule has 8 heteroatoms. The molecule has 0 radical (unpaired) electrons. The summed E-state index contributed by atoms with van der Waals surface area (Å²) < 4.78 is 25.4. The van der Waals surface area contributed by atoms with E-state index in [4.69, 9.17) is 0 Å². The summed E-state index contributed by atoms with van der Waals surface area (Å²) in [5.74, 6) is 0.649. The molecule has 1 N–H and O–H groups in total. The smallest absolute Gasteiger partial charge is 0.213 e. The van der Waals surface area contributed by atoms with Gasteiger partial charge in [0.2, 0.25) is 10.0 Å². The molecular weight excluding hydrogens is 326 g/mol. The largest absolute Gasteiger partial charge is 0.365 e. The monoisotopic (exact) mass is 351 g/mol. The fraction of sp³-hybridized carbons (Fsp3) is 0.688. The Morgan fingerprint density at radius 3 is 2.38 bits per heavy atom. The maximum absolute atomic E-state index is 11.9. The predicted octanol–water partition coefficient (Wildman–Crippen LogP) is 1.70. The molecule has 24 heavy (non-hydrogen) atoms. The molecule has 0 amide bonds. The van der Waals surface area contributed by atoms with Gasteiger partial charge in [0.1, 0.15) is 11.6 Å². The van der Waals surface area contributed by atoms with Crippen LogP contribution in [0, 0.1) is 11.3 Å². The van der Waals surface area contributed by atoms with Gasteiger partial charge in [0.05, 0.1) is 11.4 Å². The number of hydrogen-bond donors (Lipinski definition) is 1. The van der Waals surface area contributed by atoms with E-state index in [1.165, 1.54) is 0 Å². The van der Waals surface area contributed by atoms with Crippen molar-refractivity contribution in [2.75, 3.05) is 24.2 Å². The van der Waals surface area contributed by atoms with Gasteiger partial charge in [-0.1, -0.05) is 13.8 Å². The third kappa shape index (κ3) is 3.84. The lowest BCUT2D eigenvalue weighted by Gasteiger charge is -2.31. The number of hydrogen-bond acceptors (Lipinski definition) is 6. The Bertz CT molecular complexity index is 719. The van der Waals surface area contributed by atoms with Crippen LogP contribution in [-0.4, -0.2) is 47.8 Å². The first-order chi connectivity index (χ1) is 11.5. The molecule has 0 bridgehead atoms. The Morgan fingerprint density at radius 1 is 1.21 bits per heavy atom. The van der Waals surface area contributed by atoms with Crippen molar-refractivity contribution in [3.8, 4) is 6.07 Å². The summed E-state index contributed by atoms with van der Waals surface area (Å²) in [6, 6.07) is 2.35. The molecule has 7 nitrogen and oxygen atoms in total. The molecule has 1 fully saturated rings. The van der Waals surface area contributed by atoms with Crippen LogP contribution in [-0.2, 0) is 22.9 Å². The Kier molecular flexibility index (Phi) is 6.13. The Balaban J connectivity index is 2.12. The van der Waals surface area contributed by atoms with Crippen LogP contribution in [0.3, 0.4) is 0 Å². The first kappa shape index (κ1) is 18.6. The van der Waals surface area contributed by atoms with Crippen molar-refractivity contribution in [1.29, 1.82) is 5.26 Å². The minimum absolute atomic E-state index is 0.104. The minimum Gasteiger partial charge on any atom is -0.365 e. The third-order valence-electron chi connectivity index (χ3n) is 4.51. The lowest BCUT2D eigenvalue weighted by molar-refractivity contribution is 0.330. The molecule has 1 aromatic heterocycles. The van der Waals surface area contributed by atoms with Gasteiger partial charge >= 0.3 is 0 Å². The molecule has 0 spiro atoms. The number of sulfonamides is 1. The summed E-state index contributed by atoms with van der Waals surface area (Å²) in [5.41, 5.74) is 2.37. The molecule has 1 aliphatic heterocycles. The predicted molar refractivity (Wildman–Crippen MR) is 93.2 cm³/mol. The zero-order valence-corrected chi connectivity index (χ0v) is 15.4. The zero-order valence-electron chi connectivity index (χ0n) is 14.5. The third-order valence-corrected chi connectivity index (χ3v) is 6.39. The average molecular weight is 351 g/mol. The number of anilines is 1. The molecule has 0 aromatic carbocycles. The highest BCUT2D eigenvalue weighted by Gasteiger charge is 2.27. The van der Waals surface area contributed by atoms with Crippen molar-refractivity contribution < 1.29 is 8.42 Å². The molecular formula is C16H25N5O2S. The lowest BCUT2D eigenvalue weighted by Crippen LogP contribution is -2.43. The van der Waals surface area contributed by atoms with E-state index in [0.29, 0.717) is 37.3 Å². The van der Waals surface area contributed by atoms with Crippen molar-refractivity contribution in [2.24, 2.45) is 0 Å². The van der Waals surface area contributed by atoms with Crippen LogP contribution < -0.4 is 5.32 Å². The molecule has 1 aromatic rings. The van der Waals surface area contributed by atoms with Gasteiger partial charge in [0.25, 0.3) is 0 Å². The van der Waals surface area contributed by atoms with E-state index in [1.807, 2.05) is 13.8 Å². The normalized spacial score (nSPS) is 16.8. The second-order valence-corrected chi connectivity index (χ2v) is 8.14. The average Bonchev–Trinajstić information content (AvgIpc) is 2.61. The van der Waals surface area contributed by atoms with Gasteiger partial charge in [-0.2, -0.15) is 10.4 Å². The van der Waals surface area contributed by atoms with Gasteiger partial charge in [-0.15, -0.1) is 5.10 Å². The van der Waals surface area contributed by atoms with Crippen molar-refractivity contribution in [3.63, 3.8) is 0 Å². The zero-order chi connectivity index (χ0) is 17.7. The van der Waals surface area contributed by atoms with E-state index in [-0.39, 0.29) is 11.8 Å². The Hall–Kier alpha value is -1.72. The van der Waals surface area contributed by atoms with Crippen LogP contribution in [0.2, 0.25) is 0 Å². The second-order valence-electron chi connectivity index (χ2n) is 5.89. The Labute approximate surface area is 144 Å². The van der Waals surface area contributed by atoms with Crippen molar-refractivity contribution in [3.05, 3.63) is 16.8 Å². The molecule has 0 atom stereocenters. The summed E-state index contributed by atoms with van der Waals surface area (Å²) in [6.07, 6.45) is 2.88. The molecule has 1 saturated heterocycles. The van der Waals surface area contributed by atoms with E-state index in [0.717, 1.165) is 24.1 Å². The van der Waals surface area contributed by atoms with Crippen molar-refractivity contribution in [1.82, 2.24) is 14.5 Å². The molecule has 0 aliphatic carbocycles. The molecule has 0 unspecified atom stereocenters. The van der Waals surface area contributed by atoms with Crippen LogP contribution in [0.5, 0.6) is 0 Å².